The van der Waals surface area contributed by atoms with E-state index >= 15 is 0 Å². The number of fused-ring (bicyclic) bond motifs is 1. The first-order valence-electron chi connectivity index (χ1n) is 9.45. The molecule has 0 fully saturated rings. The van der Waals surface area contributed by atoms with Crippen molar-refractivity contribution in [3.63, 3.8) is 0 Å². The molecule has 0 aliphatic carbocycles. The van der Waals surface area contributed by atoms with Crippen LogP contribution < -0.4 is 4.74 Å². The molecule has 0 atom stereocenters. The van der Waals surface area contributed by atoms with Gasteiger partial charge in [0.15, 0.2) is 0 Å². The Morgan fingerprint density at radius 1 is 0.967 bits per heavy atom. The van der Waals surface area contributed by atoms with Gasteiger partial charge in [-0.3, -0.25) is 0 Å². The Morgan fingerprint density at radius 2 is 1.70 bits per heavy atom. The van der Waals surface area contributed by atoms with Crippen LogP contribution in [0.5, 0.6) is 5.75 Å². The summed E-state index contributed by atoms with van der Waals surface area (Å²) < 4.78 is 7.41. The maximum absolute atomic E-state index is 11.9. The van der Waals surface area contributed by atoms with Crippen molar-refractivity contribution in [2.45, 2.75) is 20.0 Å². The van der Waals surface area contributed by atoms with Crippen molar-refractivity contribution >= 4 is 40.1 Å². The quantitative estimate of drug-likeness (QED) is 0.361. The number of aromatic carboxylic acids is 1. The van der Waals surface area contributed by atoms with Gasteiger partial charge >= 0.3 is 5.97 Å². The summed E-state index contributed by atoms with van der Waals surface area (Å²) in [5.41, 5.74) is 3.44. The summed E-state index contributed by atoms with van der Waals surface area (Å²) in [6, 6.07) is 20.2. The number of carboxylic acids is 1. The van der Waals surface area contributed by atoms with Gasteiger partial charge in [-0.15, -0.1) is 0 Å². The second-order valence-corrected chi connectivity index (χ2v) is 8.07. The van der Waals surface area contributed by atoms with Gasteiger partial charge in [-0.05, 0) is 74.0 Å². The van der Waals surface area contributed by atoms with E-state index in [0.717, 1.165) is 33.5 Å². The normalized spacial score (nSPS) is 11.2. The lowest BCUT2D eigenvalue weighted by Gasteiger charge is -2.12. The van der Waals surface area contributed by atoms with Crippen LogP contribution in [0.15, 0.2) is 66.7 Å². The molecule has 0 radical (unpaired) electrons. The average Bonchev–Trinajstić information content (AvgIpc) is 3.07. The van der Waals surface area contributed by atoms with Crippen LogP contribution in [0.3, 0.4) is 0 Å². The number of carboxylic acid groups (broad SMARTS) is 1. The van der Waals surface area contributed by atoms with E-state index in [1.807, 2.05) is 62.4 Å². The minimum absolute atomic E-state index is 0.0657. The lowest BCUT2D eigenvalue weighted by Crippen LogP contribution is -2.07. The van der Waals surface area contributed by atoms with Crippen molar-refractivity contribution in [1.82, 2.24) is 4.57 Å². The van der Waals surface area contributed by atoms with Crippen molar-refractivity contribution in [2.75, 3.05) is 0 Å². The summed E-state index contributed by atoms with van der Waals surface area (Å²) in [5, 5.41) is 11.7. The second kappa shape index (κ2) is 8.05. The number of hydrogen-bond donors (Lipinski definition) is 1. The van der Waals surface area contributed by atoms with Gasteiger partial charge in [0, 0.05) is 26.7 Å². The predicted molar refractivity (Wildman–Crippen MR) is 121 cm³/mol. The molecule has 6 heteroatoms. The standard InChI is InChI=1S/C24H19Cl2NO3/c1-14(2)30-19-7-5-18(6-8-19)27-22-10-3-15(11-16(22)12-23(27)24(28)29)20-9-4-17(25)13-21(20)26/h3-14H,1-2H3,(H,28,29). The van der Waals surface area contributed by atoms with E-state index in [0.29, 0.717) is 10.0 Å². The van der Waals surface area contributed by atoms with E-state index in [1.54, 1.807) is 22.8 Å². The molecule has 1 aromatic heterocycles. The SMILES string of the molecule is CC(C)Oc1ccc(-n2c(C(=O)O)cc3cc(-c4ccc(Cl)cc4Cl)ccc32)cc1. The molecule has 0 aliphatic rings. The number of nitrogens with zero attached hydrogens (tertiary/aromatic N) is 1. The van der Waals surface area contributed by atoms with Gasteiger partial charge in [0.25, 0.3) is 0 Å². The molecule has 152 valence electrons. The Kier molecular flexibility index (Phi) is 5.46. The van der Waals surface area contributed by atoms with Gasteiger partial charge in [-0.1, -0.05) is 35.3 Å². The van der Waals surface area contributed by atoms with Crippen LogP contribution in [0.4, 0.5) is 0 Å². The van der Waals surface area contributed by atoms with Crippen molar-refractivity contribution < 1.29 is 14.6 Å². The minimum Gasteiger partial charge on any atom is -0.491 e. The summed E-state index contributed by atoms with van der Waals surface area (Å²) in [6.07, 6.45) is 0.0657. The molecular weight excluding hydrogens is 421 g/mol. The maximum Gasteiger partial charge on any atom is 0.352 e. The fourth-order valence-corrected chi connectivity index (χ4v) is 4.01. The smallest absolute Gasteiger partial charge is 0.352 e. The molecule has 0 amide bonds. The zero-order valence-corrected chi connectivity index (χ0v) is 17.9. The molecule has 4 aromatic rings. The zero-order valence-electron chi connectivity index (χ0n) is 16.4. The predicted octanol–water partition coefficient (Wildman–Crippen LogP) is 7.09. The number of halogens is 2. The number of benzene rings is 3. The largest absolute Gasteiger partial charge is 0.491 e. The summed E-state index contributed by atoms with van der Waals surface area (Å²) in [7, 11) is 0. The van der Waals surface area contributed by atoms with Crippen molar-refractivity contribution in [2.24, 2.45) is 0 Å². The number of aromatic nitrogens is 1. The van der Waals surface area contributed by atoms with Crippen molar-refractivity contribution in [3.05, 3.63) is 82.5 Å². The molecule has 0 saturated carbocycles. The van der Waals surface area contributed by atoms with Crippen molar-refractivity contribution in [1.29, 1.82) is 0 Å². The highest BCUT2D eigenvalue weighted by atomic mass is 35.5. The molecule has 0 saturated heterocycles. The van der Waals surface area contributed by atoms with Gasteiger partial charge < -0.3 is 14.4 Å². The summed E-state index contributed by atoms with van der Waals surface area (Å²) in [6.45, 7) is 3.92. The van der Waals surface area contributed by atoms with Crippen LogP contribution >= 0.6 is 23.2 Å². The molecule has 4 nitrogen and oxygen atoms in total. The van der Waals surface area contributed by atoms with E-state index in [4.69, 9.17) is 27.9 Å². The fraction of sp³-hybridized carbons (Fsp3) is 0.125. The highest BCUT2D eigenvalue weighted by Crippen LogP contribution is 2.34. The lowest BCUT2D eigenvalue weighted by molar-refractivity contribution is 0.0688. The van der Waals surface area contributed by atoms with E-state index in [9.17, 15) is 9.90 Å². The molecule has 0 bridgehead atoms. The highest BCUT2D eigenvalue weighted by molar-refractivity contribution is 6.36. The van der Waals surface area contributed by atoms with Gasteiger partial charge in [-0.2, -0.15) is 0 Å². The molecule has 4 rings (SSSR count). The summed E-state index contributed by atoms with van der Waals surface area (Å²) >= 11 is 12.4. The van der Waals surface area contributed by atoms with E-state index < -0.39 is 5.97 Å². The van der Waals surface area contributed by atoms with Crippen LogP contribution in [-0.4, -0.2) is 21.7 Å². The number of rotatable bonds is 5. The molecule has 30 heavy (non-hydrogen) atoms. The van der Waals surface area contributed by atoms with Crippen LogP contribution in [0.2, 0.25) is 10.0 Å². The summed E-state index contributed by atoms with van der Waals surface area (Å²) in [5.74, 6) is -0.262. The molecule has 1 N–H and O–H groups in total. The Balaban J connectivity index is 1.83. The summed E-state index contributed by atoms with van der Waals surface area (Å²) in [4.78, 5) is 11.9. The molecule has 1 heterocycles. The Labute approximate surface area is 184 Å². The second-order valence-electron chi connectivity index (χ2n) is 7.23. The third-order valence-corrected chi connectivity index (χ3v) is 5.28. The maximum atomic E-state index is 11.9. The minimum atomic E-state index is -1.00. The number of carbonyl (C=O) groups is 1. The average molecular weight is 440 g/mol. The molecule has 3 aromatic carbocycles. The van der Waals surface area contributed by atoms with Gasteiger partial charge in [0.05, 0.1) is 11.6 Å². The topological polar surface area (TPSA) is 51.5 Å². The van der Waals surface area contributed by atoms with Crippen LogP contribution in [0.1, 0.15) is 24.3 Å². The monoisotopic (exact) mass is 439 g/mol. The van der Waals surface area contributed by atoms with E-state index in [1.165, 1.54) is 0 Å². The third kappa shape index (κ3) is 3.89. The van der Waals surface area contributed by atoms with Crippen molar-refractivity contribution in [3.8, 4) is 22.6 Å². The lowest BCUT2D eigenvalue weighted by atomic mass is 10.0. The molecule has 0 unspecified atom stereocenters. The Bertz CT molecular complexity index is 1240. The number of ether oxygens (including phenoxy) is 1. The number of hydrogen-bond acceptors (Lipinski definition) is 2. The first-order valence-corrected chi connectivity index (χ1v) is 10.2. The fourth-order valence-electron chi connectivity index (χ4n) is 3.49. The van der Waals surface area contributed by atoms with Crippen LogP contribution in [-0.2, 0) is 0 Å². The zero-order chi connectivity index (χ0) is 21.4. The first kappa shape index (κ1) is 20.3. The van der Waals surface area contributed by atoms with Crippen LogP contribution in [0.25, 0.3) is 27.7 Å². The molecule has 0 aliphatic heterocycles. The van der Waals surface area contributed by atoms with Crippen LogP contribution in [0, 0.1) is 0 Å². The molecule has 0 spiro atoms. The van der Waals surface area contributed by atoms with Gasteiger partial charge in [0.1, 0.15) is 11.4 Å². The van der Waals surface area contributed by atoms with Gasteiger partial charge in [-0.25, -0.2) is 4.79 Å². The molecular formula is C24H19Cl2NO3. The van der Waals surface area contributed by atoms with E-state index in [2.05, 4.69) is 0 Å². The Morgan fingerprint density at radius 3 is 2.33 bits per heavy atom. The Hall–Kier alpha value is -2.95. The van der Waals surface area contributed by atoms with Gasteiger partial charge in [0.2, 0.25) is 0 Å². The first-order chi connectivity index (χ1) is 14.3. The third-order valence-electron chi connectivity index (χ3n) is 4.73. The van der Waals surface area contributed by atoms with E-state index in [-0.39, 0.29) is 11.8 Å². The highest BCUT2D eigenvalue weighted by Gasteiger charge is 2.17.